The van der Waals surface area contributed by atoms with E-state index in [2.05, 4.69) is 4.98 Å². The van der Waals surface area contributed by atoms with E-state index in [1.807, 2.05) is 12.3 Å². The van der Waals surface area contributed by atoms with Gasteiger partial charge in [0.05, 0.1) is 16.3 Å². The smallest absolute Gasteiger partial charge is 0.406 e. The Morgan fingerprint density at radius 2 is 1.79 bits per heavy atom. The number of alkyl halides is 3. The van der Waals surface area contributed by atoms with E-state index in [1.165, 1.54) is 23.1 Å². The molecule has 0 aliphatic carbocycles. The number of aromatic nitrogens is 1. The molecule has 2 aromatic carbocycles. The van der Waals surface area contributed by atoms with E-state index >= 15 is 0 Å². The molecule has 0 N–H and O–H groups in total. The molecule has 0 radical (unpaired) electrons. The molecular formula is C23H21F3N2O3S2. The predicted octanol–water partition coefficient (Wildman–Crippen LogP) is 5.49. The number of rotatable bonds is 9. The Kier molecular flexibility index (Phi) is 8.51. The Morgan fingerprint density at radius 3 is 2.45 bits per heavy atom. The maximum absolute atomic E-state index is 13.0. The van der Waals surface area contributed by atoms with Crippen molar-refractivity contribution in [1.82, 2.24) is 9.88 Å². The summed E-state index contributed by atoms with van der Waals surface area (Å²) in [6, 6.07) is 15.0. The molecule has 5 nitrogen and oxygen atoms in total. The lowest BCUT2D eigenvalue weighted by atomic mass is 10.2. The summed E-state index contributed by atoms with van der Waals surface area (Å²) in [7, 11) is 0. The standard InChI is InChI=1S/C23H21F3N2O3S2/c1-16-27-18(13-32-16)14-33-20-10-6-5-9-19(20)22(30)31-12-21(29)28(15-23(24,25)26)11-17-7-3-2-4-8-17/h2-10,13H,11-12,14-15H2,1H3. The molecule has 0 fully saturated rings. The van der Waals surface area contributed by atoms with Gasteiger partial charge in [-0.25, -0.2) is 9.78 Å². The van der Waals surface area contributed by atoms with Gasteiger partial charge in [-0.2, -0.15) is 13.2 Å². The van der Waals surface area contributed by atoms with Crippen molar-refractivity contribution >= 4 is 35.0 Å². The Labute approximate surface area is 197 Å². The van der Waals surface area contributed by atoms with Crippen molar-refractivity contribution in [1.29, 1.82) is 0 Å². The molecule has 0 bridgehead atoms. The summed E-state index contributed by atoms with van der Waals surface area (Å²) in [6.45, 7) is -0.555. The van der Waals surface area contributed by atoms with Crippen molar-refractivity contribution in [2.75, 3.05) is 13.2 Å². The molecule has 33 heavy (non-hydrogen) atoms. The zero-order valence-electron chi connectivity index (χ0n) is 17.7. The second-order valence-electron chi connectivity index (χ2n) is 7.07. The van der Waals surface area contributed by atoms with Gasteiger partial charge in [0.25, 0.3) is 5.91 Å². The van der Waals surface area contributed by atoms with Crippen molar-refractivity contribution in [2.24, 2.45) is 0 Å². The van der Waals surface area contributed by atoms with Crippen LogP contribution in [-0.4, -0.2) is 41.1 Å². The van der Waals surface area contributed by atoms with Crippen molar-refractivity contribution in [2.45, 2.75) is 30.3 Å². The van der Waals surface area contributed by atoms with Gasteiger partial charge in [-0.3, -0.25) is 4.79 Å². The lowest BCUT2D eigenvalue weighted by Gasteiger charge is -2.24. The summed E-state index contributed by atoms with van der Waals surface area (Å²) in [5.74, 6) is -1.15. The summed E-state index contributed by atoms with van der Waals surface area (Å²) in [5.41, 5.74) is 1.66. The molecule has 0 saturated carbocycles. The summed E-state index contributed by atoms with van der Waals surface area (Å²) < 4.78 is 44.1. The average Bonchev–Trinajstić information content (AvgIpc) is 3.20. The minimum absolute atomic E-state index is 0.240. The highest BCUT2D eigenvalue weighted by Gasteiger charge is 2.33. The first-order valence-electron chi connectivity index (χ1n) is 9.89. The molecule has 3 rings (SSSR count). The van der Waals surface area contributed by atoms with Crippen LogP contribution in [0.5, 0.6) is 0 Å². The minimum atomic E-state index is -4.58. The normalized spacial score (nSPS) is 11.3. The minimum Gasteiger partial charge on any atom is -0.452 e. The number of amides is 1. The number of thioether (sulfide) groups is 1. The van der Waals surface area contributed by atoms with Gasteiger partial charge in [-0.15, -0.1) is 23.1 Å². The predicted molar refractivity (Wildman–Crippen MR) is 121 cm³/mol. The van der Waals surface area contributed by atoms with Gasteiger partial charge in [0.2, 0.25) is 0 Å². The van der Waals surface area contributed by atoms with E-state index in [0.717, 1.165) is 10.7 Å². The molecule has 0 atom stereocenters. The van der Waals surface area contributed by atoms with Crippen molar-refractivity contribution < 1.29 is 27.5 Å². The van der Waals surface area contributed by atoms with Crippen LogP contribution in [0, 0.1) is 6.92 Å². The number of halogens is 3. The second kappa shape index (κ2) is 11.3. The Balaban J connectivity index is 1.63. The molecule has 1 aromatic heterocycles. The highest BCUT2D eigenvalue weighted by molar-refractivity contribution is 7.98. The van der Waals surface area contributed by atoms with Crippen LogP contribution in [0.1, 0.15) is 26.6 Å². The van der Waals surface area contributed by atoms with Crippen molar-refractivity contribution in [3.8, 4) is 0 Å². The molecular weight excluding hydrogens is 473 g/mol. The topological polar surface area (TPSA) is 59.5 Å². The van der Waals surface area contributed by atoms with Crippen LogP contribution in [-0.2, 0) is 21.8 Å². The highest BCUT2D eigenvalue weighted by Crippen LogP contribution is 2.27. The van der Waals surface area contributed by atoms with E-state index < -0.39 is 31.2 Å². The zero-order chi connectivity index (χ0) is 23.8. The Bertz CT molecular complexity index is 1090. The van der Waals surface area contributed by atoms with Gasteiger partial charge in [-0.1, -0.05) is 42.5 Å². The maximum Gasteiger partial charge on any atom is 0.406 e. The van der Waals surface area contributed by atoms with Gasteiger partial charge >= 0.3 is 12.1 Å². The zero-order valence-corrected chi connectivity index (χ0v) is 19.3. The van der Waals surface area contributed by atoms with Gasteiger partial charge in [-0.05, 0) is 24.6 Å². The molecule has 10 heteroatoms. The fourth-order valence-corrected chi connectivity index (χ4v) is 4.59. The number of esters is 1. The highest BCUT2D eigenvalue weighted by atomic mass is 32.2. The number of nitrogens with zero attached hydrogens (tertiary/aromatic N) is 2. The number of carbonyl (C=O) groups is 2. The molecule has 0 aliphatic rings. The van der Waals surface area contributed by atoms with Gasteiger partial charge in [0, 0.05) is 22.6 Å². The fourth-order valence-electron chi connectivity index (χ4n) is 2.94. The average molecular weight is 495 g/mol. The van der Waals surface area contributed by atoms with Gasteiger partial charge in [0.1, 0.15) is 6.54 Å². The second-order valence-corrected chi connectivity index (χ2v) is 9.15. The number of carbonyl (C=O) groups excluding carboxylic acids is 2. The largest absolute Gasteiger partial charge is 0.452 e. The first kappa shape index (κ1) is 24.8. The maximum atomic E-state index is 13.0. The number of hydrogen-bond acceptors (Lipinski definition) is 6. The lowest BCUT2D eigenvalue weighted by Crippen LogP contribution is -2.40. The number of benzene rings is 2. The quantitative estimate of drug-likeness (QED) is 0.291. The summed E-state index contributed by atoms with van der Waals surface area (Å²) in [6.07, 6.45) is -4.58. The third-order valence-electron chi connectivity index (χ3n) is 4.41. The molecule has 0 aliphatic heterocycles. The number of ether oxygens (including phenoxy) is 1. The number of hydrogen-bond donors (Lipinski definition) is 0. The van der Waals surface area contributed by atoms with Crippen LogP contribution in [0.3, 0.4) is 0 Å². The molecule has 174 valence electrons. The van der Waals surface area contributed by atoms with Crippen LogP contribution in [0.15, 0.2) is 64.9 Å². The van der Waals surface area contributed by atoms with E-state index in [-0.39, 0.29) is 12.1 Å². The van der Waals surface area contributed by atoms with Crippen LogP contribution in [0.25, 0.3) is 0 Å². The first-order valence-corrected chi connectivity index (χ1v) is 11.8. The Morgan fingerprint density at radius 1 is 1.09 bits per heavy atom. The summed E-state index contributed by atoms with van der Waals surface area (Å²) >= 11 is 2.92. The van der Waals surface area contributed by atoms with Gasteiger partial charge < -0.3 is 9.64 Å². The summed E-state index contributed by atoms with van der Waals surface area (Å²) in [4.78, 5) is 30.8. The van der Waals surface area contributed by atoms with Crippen molar-refractivity contribution in [3.63, 3.8) is 0 Å². The number of aryl methyl sites for hydroxylation is 1. The molecule has 1 amide bonds. The Hall–Kier alpha value is -2.85. The van der Waals surface area contributed by atoms with E-state index in [1.54, 1.807) is 54.6 Å². The van der Waals surface area contributed by atoms with Crippen LogP contribution in [0.4, 0.5) is 13.2 Å². The van der Waals surface area contributed by atoms with E-state index in [0.29, 0.717) is 21.1 Å². The summed E-state index contributed by atoms with van der Waals surface area (Å²) in [5, 5.41) is 2.87. The van der Waals surface area contributed by atoms with Crippen LogP contribution < -0.4 is 0 Å². The molecule has 0 saturated heterocycles. The van der Waals surface area contributed by atoms with Crippen LogP contribution in [0.2, 0.25) is 0 Å². The number of thiazole rings is 1. The van der Waals surface area contributed by atoms with Gasteiger partial charge in [0.15, 0.2) is 6.61 Å². The van der Waals surface area contributed by atoms with E-state index in [9.17, 15) is 22.8 Å². The monoisotopic (exact) mass is 494 g/mol. The third kappa shape index (κ3) is 7.90. The third-order valence-corrected chi connectivity index (χ3v) is 6.34. The van der Waals surface area contributed by atoms with Crippen molar-refractivity contribution in [3.05, 3.63) is 81.8 Å². The van der Waals surface area contributed by atoms with E-state index in [4.69, 9.17) is 4.74 Å². The first-order chi connectivity index (χ1) is 15.7. The lowest BCUT2D eigenvalue weighted by molar-refractivity contribution is -0.164. The SMILES string of the molecule is Cc1nc(CSc2ccccc2C(=O)OCC(=O)N(Cc2ccccc2)CC(F)(F)F)cs1. The fraction of sp³-hybridized carbons (Fsp3) is 0.261. The molecule has 0 unspecified atom stereocenters. The molecule has 0 spiro atoms. The molecule has 1 heterocycles. The molecule has 3 aromatic rings. The van der Waals surface area contributed by atoms with Crippen LogP contribution >= 0.6 is 23.1 Å².